The molecule has 6 rings (SSSR count). The van der Waals surface area contributed by atoms with E-state index in [1.54, 1.807) is 0 Å². The van der Waals surface area contributed by atoms with Gasteiger partial charge in [0, 0.05) is 0 Å². The van der Waals surface area contributed by atoms with E-state index < -0.39 is 61.9 Å². The van der Waals surface area contributed by atoms with Crippen molar-refractivity contribution in [2.45, 2.75) is 82.1 Å². The molecule has 11 heteroatoms. The number of hydrogen-bond donors (Lipinski definition) is 2. The maximum Gasteiger partial charge on any atom is 0.410 e. The molecule has 5 aromatic rings. The number of aliphatic hydroxyl groups excluding tert-OH is 2. The van der Waals surface area contributed by atoms with Gasteiger partial charge in [-0.3, -0.25) is 4.90 Å². The number of esters is 1. The van der Waals surface area contributed by atoms with Gasteiger partial charge in [-0.1, -0.05) is 172 Å². The number of ether oxygens (including phenoxy) is 4. The van der Waals surface area contributed by atoms with Crippen molar-refractivity contribution >= 4 is 30.8 Å². The van der Waals surface area contributed by atoms with E-state index in [4.69, 9.17) is 23.4 Å². The molecule has 0 radical (unpaired) electrons. The van der Waals surface area contributed by atoms with E-state index in [9.17, 15) is 19.8 Å². The third-order valence-corrected chi connectivity index (χ3v) is 15.7. The van der Waals surface area contributed by atoms with Gasteiger partial charge in [-0.05, 0) is 32.1 Å². The highest BCUT2D eigenvalue weighted by atomic mass is 28.4. The quantitative estimate of drug-likeness (QED) is 0.0912. The molecule has 1 saturated heterocycles. The first-order chi connectivity index (χ1) is 28.0. The molecule has 2 N–H and O–H groups in total. The lowest BCUT2D eigenvalue weighted by atomic mass is 9.98. The molecule has 5 aromatic carbocycles. The van der Waals surface area contributed by atoms with Crippen molar-refractivity contribution in [2.24, 2.45) is 0 Å². The summed E-state index contributed by atoms with van der Waals surface area (Å²) in [5.41, 5.74) is 2.44. The zero-order valence-corrected chi connectivity index (χ0v) is 34.4. The Labute approximate surface area is 342 Å². The van der Waals surface area contributed by atoms with Crippen molar-refractivity contribution in [1.82, 2.24) is 4.90 Å². The lowest BCUT2D eigenvalue weighted by Crippen LogP contribution is -2.67. The van der Waals surface area contributed by atoms with E-state index in [1.165, 1.54) is 4.90 Å². The molecule has 1 amide bonds. The minimum absolute atomic E-state index is 0.0728. The summed E-state index contributed by atoms with van der Waals surface area (Å²) in [5.74, 6) is -1.07. The van der Waals surface area contributed by atoms with E-state index in [0.29, 0.717) is 0 Å². The topological polar surface area (TPSA) is 124 Å². The maximum atomic E-state index is 14.7. The smallest absolute Gasteiger partial charge is 0.410 e. The molecule has 1 aliphatic rings. The summed E-state index contributed by atoms with van der Waals surface area (Å²) >= 11 is 0. The first kappa shape index (κ1) is 42.5. The molecule has 1 aliphatic heterocycles. The van der Waals surface area contributed by atoms with Crippen LogP contribution >= 0.6 is 0 Å². The van der Waals surface area contributed by atoms with Crippen LogP contribution in [0.1, 0.15) is 37.5 Å². The molecular weight excluding hydrogens is 751 g/mol. The van der Waals surface area contributed by atoms with E-state index in [2.05, 4.69) is 45.0 Å². The highest BCUT2D eigenvalue weighted by Gasteiger charge is 2.59. The standard InChI is InChI=1S/C47H53NO9Si/c1-47(2,3)58(37-26-16-8-17-27-37,38-28-18-9-19-29-38)57-33-39-43(54-30-34-20-10-5-11-21-34)44(55-31-35-22-12-6-13-23-35)40(41(49)42(50)45(51)53-4)48(39)46(52)56-32-36-24-14-7-15-25-36/h5-29,39-44,49-50H,30-33H2,1-4H3/t39-,40-,41-,42+,43-,44-/m1/s1. The summed E-state index contributed by atoms with van der Waals surface area (Å²) in [6.07, 6.45) is -6.75. The van der Waals surface area contributed by atoms with Crippen LogP contribution in [-0.2, 0) is 48.0 Å². The second kappa shape index (κ2) is 19.5. The first-order valence-electron chi connectivity index (χ1n) is 19.5. The van der Waals surface area contributed by atoms with E-state index in [0.717, 1.165) is 34.2 Å². The molecule has 10 nitrogen and oxygen atoms in total. The summed E-state index contributed by atoms with van der Waals surface area (Å²) in [6, 6.07) is 46.3. The predicted molar refractivity (Wildman–Crippen MR) is 224 cm³/mol. The highest BCUT2D eigenvalue weighted by Crippen LogP contribution is 2.40. The molecule has 6 atom stereocenters. The third kappa shape index (κ3) is 9.58. The Kier molecular flexibility index (Phi) is 14.3. The van der Waals surface area contributed by atoms with Gasteiger partial charge in [0.1, 0.15) is 24.9 Å². The molecular formula is C47H53NO9Si. The van der Waals surface area contributed by atoms with Crippen molar-refractivity contribution in [3.63, 3.8) is 0 Å². The molecule has 0 saturated carbocycles. The molecule has 0 spiro atoms. The molecule has 0 aliphatic carbocycles. The monoisotopic (exact) mass is 803 g/mol. The fourth-order valence-electron chi connectivity index (χ4n) is 7.89. The fraction of sp³-hybridized carbons (Fsp3) is 0.319. The van der Waals surface area contributed by atoms with Gasteiger partial charge in [-0.2, -0.15) is 0 Å². The number of hydrogen-bond acceptors (Lipinski definition) is 9. The van der Waals surface area contributed by atoms with Crippen molar-refractivity contribution < 1.29 is 43.2 Å². The van der Waals surface area contributed by atoms with Gasteiger partial charge in [-0.15, -0.1) is 0 Å². The van der Waals surface area contributed by atoms with E-state index in [1.807, 2.05) is 127 Å². The Bertz CT molecular complexity index is 1980. The van der Waals surface area contributed by atoms with Crippen LogP contribution in [-0.4, -0.2) is 85.7 Å². The number of carbonyl (C=O) groups is 2. The summed E-state index contributed by atoms with van der Waals surface area (Å²) in [7, 11) is -2.10. The van der Waals surface area contributed by atoms with Crippen LogP contribution in [0.4, 0.5) is 4.79 Å². The Morgan fingerprint density at radius 2 is 1.05 bits per heavy atom. The molecule has 1 heterocycles. The largest absolute Gasteiger partial charge is 0.467 e. The van der Waals surface area contributed by atoms with Gasteiger partial charge >= 0.3 is 12.1 Å². The summed E-state index contributed by atoms with van der Waals surface area (Å²) in [4.78, 5) is 29.0. The van der Waals surface area contributed by atoms with Crippen molar-refractivity contribution in [3.05, 3.63) is 168 Å². The zero-order valence-electron chi connectivity index (χ0n) is 33.4. The second-order valence-electron chi connectivity index (χ2n) is 15.5. The number of likely N-dealkylation sites (tertiary alicyclic amines) is 1. The van der Waals surface area contributed by atoms with Crippen LogP contribution in [0.3, 0.4) is 0 Å². The molecule has 58 heavy (non-hydrogen) atoms. The number of aliphatic hydroxyl groups is 2. The van der Waals surface area contributed by atoms with Gasteiger partial charge in [0.2, 0.25) is 0 Å². The summed E-state index contributed by atoms with van der Waals surface area (Å²) < 4.78 is 31.8. The van der Waals surface area contributed by atoms with Crippen molar-refractivity contribution in [3.8, 4) is 0 Å². The van der Waals surface area contributed by atoms with Crippen molar-refractivity contribution in [1.29, 1.82) is 0 Å². The maximum absolute atomic E-state index is 14.7. The van der Waals surface area contributed by atoms with Crippen LogP contribution in [0.25, 0.3) is 0 Å². The van der Waals surface area contributed by atoms with Gasteiger partial charge in [0.05, 0.1) is 39.0 Å². The average Bonchev–Trinajstić information content (AvgIpc) is 3.57. The lowest BCUT2D eigenvalue weighted by Gasteiger charge is -2.44. The Morgan fingerprint density at radius 3 is 1.48 bits per heavy atom. The van der Waals surface area contributed by atoms with Crippen LogP contribution in [0.5, 0.6) is 0 Å². The Morgan fingerprint density at radius 1 is 0.638 bits per heavy atom. The zero-order chi connectivity index (χ0) is 41.1. The minimum Gasteiger partial charge on any atom is -0.467 e. The molecule has 1 fully saturated rings. The molecule has 0 bridgehead atoms. The number of amides is 1. The number of methoxy groups -OCH3 is 1. The van der Waals surface area contributed by atoms with E-state index in [-0.39, 0.29) is 26.4 Å². The lowest BCUT2D eigenvalue weighted by molar-refractivity contribution is -0.162. The predicted octanol–water partition coefficient (Wildman–Crippen LogP) is 6.02. The summed E-state index contributed by atoms with van der Waals surface area (Å²) in [5, 5.41) is 25.0. The first-order valence-corrected chi connectivity index (χ1v) is 21.4. The second-order valence-corrected chi connectivity index (χ2v) is 19.8. The normalized spacial score (nSPS) is 19.3. The van der Waals surface area contributed by atoms with Gasteiger partial charge in [-0.25, -0.2) is 9.59 Å². The van der Waals surface area contributed by atoms with Crippen molar-refractivity contribution in [2.75, 3.05) is 13.7 Å². The average molecular weight is 804 g/mol. The van der Waals surface area contributed by atoms with Gasteiger partial charge in [0.25, 0.3) is 8.32 Å². The number of rotatable bonds is 16. The molecule has 0 unspecified atom stereocenters. The number of carbonyl (C=O) groups excluding carboxylic acids is 2. The minimum atomic E-state index is -3.22. The molecule has 304 valence electrons. The van der Waals surface area contributed by atoms with Crippen LogP contribution < -0.4 is 10.4 Å². The number of benzene rings is 5. The fourth-order valence-corrected chi connectivity index (χ4v) is 12.5. The summed E-state index contributed by atoms with van der Waals surface area (Å²) in [6.45, 7) is 6.53. The third-order valence-electron chi connectivity index (χ3n) is 10.7. The van der Waals surface area contributed by atoms with Crippen LogP contribution in [0.2, 0.25) is 5.04 Å². The molecule has 0 aromatic heterocycles. The van der Waals surface area contributed by atoms with Crippen LogP contribution in [0, 0.1) is 0 Å². The highest BCUT2D eigenvalue weighted by molar-refractivity contribution is 6.99. The van der Waals surface area contributed by atoms with Gasteiger partial charge < -0.3 is 33.6 Å². The Balaban J connectivity index is 1.50. The van der Waals surface area contributed by atoms with Gasteiger partial charge in [0.15, 0.2) is 6.10 Å². The SMILES string of the molecule is COC(=O)[C@@H](O)[C@H](O)[C@@H]1[C@@H](OCc2ccccc2)[C@H](OCc2ccccc2)[C@@H](CO[Si](c2ccccc2)(c2ccccc2)C(C)(C)C)N1C(=O)OCc1ccccc1. The number of nitrogens with zero attached hydrogens (tertiary/aromatic N) is 1. The van der Waals surface area contributed by atoms with E-state index >= 15 is 0 Å². The van der Waals surface area contributed by atoms with Crippen LogP contribution in [0.15, 0.2) is 152 Å². The Hall–Kier alpha value is -5.14.